The maximum atomic E-state index is 10.7. The Morgan fingerprint density at radius 1 is 1.67 bits per heavy atom. The minimum absolute atomic E-state index is 0.0187. The molecule has 18 heavy (non-hydrogen) atoms. The van der Waals surface area contributed by atoms with Gasteiger partial charge in [-0.15, -0.1) is 5.10 Å². The van der Waals surface area contributed by atoms with Crippen LogP contribution >= 0.6 is 0 Å². The Morgan fingerprint density at radius 3 is 3.06 bits per heavy atom. The molecule has 1 saturated heterocycles. The molecule has 1 N–H and O–H groups in total. The fourth-order valence-electron chi connectivity index (χ4n) is 2.32. The first-order valence-electron chi connectivity index (χ1n) is 6.13. The molecular formula is C11H18N4O3. The summed E-state index contributed by atoms with van der Waals surface area (Å²) in [6, 6.07) is 0. The molecule has 0 saturated carbocycles. The smallest absolute Gasteiger partial charge is 0.303 e. The SMILES string of the molecule is CC(CC(=O)O)Cn1nnnc1C1(C)CCCO1. The van der Waals surface area contributed by atoms with Crippen LogP contribution in [0.5, 0.6) is 0 Å². The molecule has 100 valence electrons. The van der Waals surface area contributed by atoms with E-state index in [4.69, 9.17) is 9.84 Å². The van der Waals surface area contributed by atoms with Crippen molar-refractivity contribution in [1.29, 1.82) is 0 Å². The Kier molecular flexibility index (Phi) is 3.60. The van der Waals surface area contributed by atoms with E-state index < -0.39 is 11.6 Å². The number of aliphatic carboxylic acids is 1. The number of tetrazole rings is 1. The molecule has 0 spiro atoms. The zero-order chi connectivity index (χ0) is 13.2. The molecule has 0 radical (unpaired) electrons. The third-order valence-electron chi connectivity index (χ3n) is 3.23. The van der Waals surface area contributed by atoms with Gasteiger partial charge in [0.2, 0.25) is 0 Å². The summed E-state index contributed by atoms with van der Waals surface area (Å²) in [5.74, 6) is -0.132. The van der Waals surface area contributed by atoms with Crippen molar-refractivity contribution in [1.82, 2.24) is 20.2 Å². The van der Waals surface area contributed by atoms with E-state index in [9.17, 15) is 4.79 Å². The molecule has 2 heterocycles. The Labute approximate surface area is 105 Å². The zero-order valence-electron chi connectivity index (χ0n) is 10.7. The van der Waals surface area contributed by atoms with E-state index in [2.05, 4.69) is 15.5 Å². The summed E-state index contributed by atoms with van der Waals surface area (Å²) in [5, 5.41) is 20.4. The number of rotatable bonds is 5. The molecule has 7 nitrogen and oxygen atoms in total. The summed E-state index contributed by atoms with van der Waals surface area (Å²) in [7, 11) is 0. The number of carboxylic acid groups (broad SMARTS) is 1. The van der Waals surface area contributed by atoms with Gasteiger partial charge in [-0.1, -0.05) is 6.92 Å². The van der Waals surface area contributed by atoms with Crippen LogP contribution < -0.4 is 0 Å². The Morgan fingerprint density at radius 2 is 2.44 bits per heavy atom. The summed E-state index contributed by atoms with van der Waals surface area (Å²) in [5.41, 5.74) is -0.438. The minimum atomic E-state index is -0.805. The fraction of sp³-hybridized carbons (Fsp3) is 0.818. The molecule has 1 aliphatic heterocycles. The molecular weight excluding hydrogens is 236 g/mol. The quantitative estimate of drug-likeness (QED) is 0.836. The highest BCUT2D eigenvalue weighted by atomic mass is 16.5. The van der Waals surface area contributed by atoms with Gasteiger partial charge in [-0.25, -0.2) is 4.68 Å². The van der Waals surface area contributed by atoms with E-state index >= 15 is 0 Å². The normalized spacial score (nSPS) is 25.2. The topological polar surface area (TPSA) is 90.1 Å². The highest BCUT2D eigenvalue weighted by Gasteiger charge is 2.37. The number of nitrogens with zero attached hydrogens (tertiary/aromatic N) is 4. The first-order chi connectivity index (χ1) is 8.51. The van der Waals surface area contributed by atoms with Gasteiger partial charge in [0.25, 0.3) is 0 Å². The molecule has 2 atom stereocenters. The Balaban J connectivity index is 2.10. The van der Waals surface area contributed by atoms with E-state index in [1.807, 2.05) is 13.8 Å². The second-order valence-electron chi connectivity index (χ2n) is 5.07. The van der Waals surface area contributed by atoms with Crippen LogP contribution in [-0.4, -0.2) is 37.9 Å². The average molecular weight is 254 g/mol. The summed E-state index contributed by atoms with van der Waals surface area (Å²) in [6.07, 6.45) is 1.99. The first kappa shape index (κ1) is 12.9. The lowest BCUT2D eigenvalue weighted by atomic mass is 10.0. The minimum Gasteiger partial charge on any atom is -0.481 e. The van der Waals surface area contributed by atoms with E-state index in [0.717, 1.165) is 12.8 Å². The molecule has 0 aliphatic carbocycles. The van der Waals surface area contributed by atoms with Crippen LogP contribution in [0.4, 0.5) is 0 Å². The van der Waals surface area contributed by atoms with Crippen LogP contribution in [0, 0.1) is 5.92 Å². The van der Waals surface area contributed by atoms with Crippen LogP contribution in [0.25, 0.3) is 0 Å². The van der Waals surface area contributed by atoms with Crippen molar-refractivity contribution in [2.45, 2.75) is 45.3 Å². The van der Waals surface area contributed by atoms with Crippen LogP contribution in [0.3, 0.4) is 0 Å². The van der Waals surface area contributed by atoms with Crippen molar-refractivity contribution >= 4 is 5.97 Å². The molecule has 1 fully saturated rings. The second-order valence-corrected chi connectivity index (χ2v) is 5.07. The number of hydrogen-bond donors (Lipinski definition) is 1. The van der Waals surface area contributed by atoms with Crippen molar-refractivity contribution in [2.24, 2.45) is 5.92 Å². The molecule has 1 aromatic heterocycles. The Bertz CT molecular complexity index is 426. The maximum absolute atomic E-state index is 10.7. The second kappa shape index (κ2) is 5.01. The van der Waals surface area contributed by atoms with Crippen LogP contribution in [0.15, 0.2) is 0 Å². The van der Waals surface area contributed by atoms with Crippen LogP contribution in [0.2, 0.25) is 0 Å². The van der Waals surface area contributed by atoms with Gasteiger partial charge in [0, 0.05) is 19.6 Å². The van der Waals surface area contributed by atoms with Gasteiger partial charge in [-0.3, -0.25) is 4.79 Å². The third-order valence-corrected chi connectivity index (χ3v) is 3.23. The molecule has 0 amide bonds. The molecule has 0 bridgehead atoms. The number of aromatic nitrogens is 4. The van der Waals surface area contributed by atoms with Crippen molar-refractivity contribution in [3.63, 3.8) is 0 Å². The van der Waals surface area contributed by atoms with Gasteiger partial charge in [-0.2, -0.15) is 0 Å². The van der Waals surface area contributed by atoms with Gasteiger partial charge in [0.1, 0.15) is 5.60 Å². The summed E-state index contributed by atoms with van der Waals surface area (Å²) in [4.78, 5) is 10.7. The van der Waals surface area contributed by atoms with Gasteiger partial charge in [-0.05, 0) is 36.1 Å². The number of hydrogen-bond acceptors (Lipinski definition) is 5. The zero-order valence-corrected chi connectivity index (χ0v) is 10.7. The number of carbonyl (C=O) groups is 1. The average Bonchev–Trinajstić information content (AvgIpc) is 2.86. The fourth-order valence-corrected chi connectivity index (χ4v) is 2.32. The summed E-state index contributed by atoms with van der Waals surface area (Å²) >= 11 is 0. The van der Waals surface area contributed by atoms with Gasteiger partial charge in [0.05, 0.1) is 0 Å². The monoisotopic (exact) mass is 254 g/mol. The molecule has 7 heteroatoms. The van der Waals surface area contributed by atoms with E-state index in [1.54, 1.807) is 4.68 Å². The Hall–Kier alpha value is -1.50. The molecule has 1 aromatic rings. The van der Waals surface area contributed by atoms with Crippen molar-refractivity contribution in [3.05, 3.63) is 5.82 Å². The predicted molar refractivity (Wildman–Crippen MR) is 61.8 cm³/mol. The van der Waals surface area contributed by atoms with Crippen molar-refractivity contribution in [2.75, 3.05) is 6.61 Å². The third kappa shape index (κ3) is 2.66. The van der Waals surface area contributed by atoms with E-state index in [0.29, 0.717) is 19.0 Å². The standard InChI is InChI=1S/C11H18N4O3/c1-8(6-9(16)17)7-15-10(12-13-14-15)11(2)4-3-5-18-11/h8H,3-7H2,1-2H3,(H,16,17). The molecule has 0 aromatic carbocycles. The van der Waals surface area contributed by atoms with Crippen molar-refractivity contribution in [3.8, 4) is 0 Å². The maximum Gasteiger partial charge on any atom is 0.303 e. The molecule has 2 rings (SSSR count). The van der Waals surface area contributed by atoms with Crippen LogP contribution in [-0.2, 0) is 21.7 Å². The first-order valence-corrected chi connectivity index (χ1v) is 6.13. The highest BCUT2D eigenvalue weighted by Crippen LogP contribution is 2.34. The summed E-state index contributed by atoms with van der Waals surface area (Å²) in [6.45, 7) is 5.06. The predicted octanol–water partition coefficient (Wildman–Crippen LogP) is 0.809. The van der Waals surface area contributed by atoms with Crippen molar-refractivity contribution < 1.29 is 14.6 Å². The molecule has 2 unspecified atom stereocenters. The molecule has 1 aliphatic rings. The lowest BCUT2D eigenvalue weighted by Crippen LogP contribution is -2.27. The lowest BCUT2D eigenvalue weighted by Gasteiger charge is -2.22. The number of carboxylic acids is 1. The highest BCUT2D eigenvalue weighted by molar-refractivity contribution is 5.66. The summed E-state index contributed by atoms with van der Waals surface area (Å²) < 4.78 is 7.37. The van der Waals surface area contributed by atoms with E-state index in [-0.39, 0.29) is 12.3 Å². The van der Waals surface area contributed by atoms with Gasteiger partial charge < -0.3 is 9.84 Å². The lowest BCUT2D eigenvalue weighted by molar-refractivity contribution is -0.138. The van der Waals surface area contributed by atoms with E-state index in [1.165, 1.54) is 0 Å². The number of ether oxygens (including phenoxy) is 1. The largest absolute Gasteiger partial charge is 0.481 e. The van der Waals surface area contributed by atoms with Crippen LogP contribution in [0.1, 0.15) is 38.9 Å². The van der Waals surface area contributed by atoms with Gasteiger partial charge in [0.15, 0.2) is 5.82 Å². The van der Waals surface area contributed by atoms with Gasteiger partial charge >= 0.3 is 5.97 Å².